The molecular formula is C31H57N3O. The highest BCUT2D eigenvalue weighted by atomic mass is 16.1. The molecular weight excluding hydrogens is 430 g/mol. The summed E-state index contributed by atoms with van der Waals surface area (Å²) >= 11 is 0. The van der Waals surface area contributed by atoms with Gasteiger partial charge >= 0.3 is 0 Å². The second-order valence-electron chi connectivity index (χ2n) is 10.5. The van der Waals surface area contributed by atoms with Crippen LogP contribution in [0.3, 0.4) is 0 Å². The lowest BCUT2D eigenvalue weighted by atomic mass is 10.1. The first kappa shape index (κ1) is 31.4. The van der Waals surface area contributed by atoms with E-state index in [0.717, 1.165) is 19.3 Å². The number of hydrogen-bond donors (Lipinski definition) is 2. The van der Waals surface area contributed by atoms with Gasteiger partial charge in [-0.05, 0) is 44.3 Å². The van der Waals surface area contributed by atoms with Gasteiger partial charge < -0.3 is 11.1 Å². The SMILES string of the molecule is CCCCCCCCCCCC=CC(=O)NC1CC1N=C(N)C=CCCCCCCCCCCC. The van der Waals surface area contributed by atoms with E-state index in [2.05, 4.69) is 30.2 Å². The zero-order valence-electron chi connectivity index (χ0n) is 23.2. The number of unbranched alkanes of at least 4 members (excludes halogenated alkanes) is 18. The van der Waals surface area contributed by atoms with E-state index < -0.39 is 0 Å². The van der Waals surface area contributed by atoms with Crippen molar-refractivity contribution in [2.45, 2.75) is 161 Å². The molecule has 1 amide bonds. The normalized spacial score (nSPS) is 18.1. The zero-order chi connectivity index (χ0) is 25.4. The van der Waals surface area contributed by atoms with Gasteiger partial charge in [0, 0.05) is 0 Å². The molecule has 0 spiro atoms. The summed E-state index contributed by atoms with van der Waals surface area (Å²) in [5.41, 5.74) is 6.04. The number of hydrogen-bond acceptors (Lipinski definition) is 2. The Morgan fingerprint density at radius 2 is 1.14 bits per heavy atom. The average molecular weight is 488 g/mol. The molecule has 0 bridgehead atoms. The number of aliphatic imine (C=N–C) groups is 1. The number of rotatable bonds is 24. The third kappa shape index (κ3) is 20.3. The van der Waals surface area contributed by atoms with E-state index in [9.17, 15) is 4.79 Å². The van der Waals surface area contributed by atoms with E-state index >= 15 is 0 Å². The second-order valence-corrected chi connectivity index (χ2v) is 10.5. The highest BCUT2D eigenvalue weighted by Crippen LogP contribution is 2.25. The van der Waals surface area contributed by atoms with Gasteiger partial charge in [0.25, 0.3) is 0 Å². The largest absolute Gasteiger partial charge is 0.384 e. The minimum Gasteiger partial charge on any atom is -0.384 e. The molecule has 1 aliphatic rings. The van der Waals surface area contributed by atoms with Gasteiger partial charge in [-0.2, -0.15) is 0 Å². The van der Waals surface area contributed by atoms with Gasteiger partial charge in [0.15, 0.2) is 0 Å². The van der Waals surface area contributed by atoms with Crippen molar-refractivity contribution >= 4 is 11.7 Å². The van der Waals surface area contributed by atoms with Crippen molar-refractivity contribution in [3.63, 3.8) is 0 Å². The molecule has 0 aliphatic heterocycles. The van der Waals surface area contributed by atoms with Crippen molar-refractivity contribution in [2.75, 3.05) is 0 Å². The van der Waals surface area contributed by atoms with Crippen molar-refractivity contribution in [1.29, 1.82) is 0 Å². The first-order chi connectivity index (χ1) is 17.2. The Labute approximate surface area is 217 Å². The van der Waals surface area contributed by atoms with Crippen LogP contribution < -0.4 is 11.1 Å². The first-order valence-corrected chi connectivity index (χ1v) is 15.1. The Morgan fingerprint density at radius 1 is 0.714 bits per heavy atom. The standard InChI is InChI=1S/C31H57N3O/c1-3-5-7-9-11-13-15-17-19-21-23-25-30(32)33-28-27-29(28)34-31(35)26-24-22-20-18-16-14-12-10-8-6-4-2/h23-26,28-29H,3-22,27H2,1-2H3,(H2,32,33)(H,34,35). The summed E-state index contributed by atoms with van der Waals surface area (Å²) in [6.45, 7) is 4.53. The molecule has 4 nitrogen and oxygen atoms in total. The van der Waals surface area contributed by atoms with Crippen molar-refractivity contribution < 1.29 is 4.79 Å². The summed E-state index contributed by atoms with van der Waals surface area (Å²) in [5.74, 6) is 0.590. The number of nitrogens with two attached hydrogens (primary N) is 1. The summed E-state index contributed by atoms with van der Waals surface area (Å²) in [4.78, 5) is 16.6. The van der Waals surface area contributed by atoms with Gasteiger partial charge in [0.1, 0.15) is 5.84 Å². The number of carbonyl (C=O) groups excluding carboxylic acids is 1. The molecule has 3 N–H and O–H groups in total. The second kappa shape index (κ2) is 22.9. The molecule has 35 heavy (non-hydrogen) atoms. The van der Waals surface area contributed by atoms with Gasteiger partial charge in [-0.25, -0.2) is 0 Å². The quantitative estimate of drug-likeness (QED) is 0.0619. The van der Waals surface area contributed by atoms with Gasteiger partial charge in [-0.3, -0.25) is 9.79 Å². The number of nitrogens with zero attached hydrogens (tertiary/aromatic N) is 1. The molecule has 1 fully saturated rings. The average Bonchev–Trinajstić information content (AvgIpc) is 3.57. The highest BCUT2D eigenvalue weighted by molar-refractivity contribution is 5.92. The molecule has 0 heterocycles. The Balaban J connectivity index is 1.97. The van der Waals surface area contributed by atoms with Crippen LogP contribution in [-0.4, -0.2) is 23.8 Å². The van der Waals surface area contributed by atoms with Crippen LogP contribution in [0.25, 0.3) is 0 Å². The molecule has 2 atom stereocenters. The smallest absolute Gasteiger partial charge is 0.243 e. The van der Waals surface area contributed by atoms with Gasteiger partial charge in [-0.15, -0.1) is 0 Å². The Kier molecular flexibility index (Phi) is 20.5. The summed E-state index contributed by atoms with van der Waals surface area (Å²) in [5, 5.41) is 3.04. The number of amides is 1. The predicted octanol–water partition coefficient (Wildman–Crippen LogP) is 8.55. The van der Waals surface area contributed by atoms with E-state index in [1.807, 2.05) is 12.2 Å². The molecule has 0 saturated heterocycles. The molecule has 202 valence electrons. The van der Waals surface area contributed by atoms with Crippen LogP contribution in [0.4, 0.5) is 0 Å². The fourth-order valence-electron chi connectivity index (χ4n) is 4.48. The Hall–Kier alpha value is -1.58. The summed E-state index contributed by atoms with van der Waals surface area (Å²) in [6, 6.07) is 0.283. The van der Waals surface area contributed by atoms with Crippen molar-refractivity contribution in [3.8, 4) is 0 Å². The topological polar surface area (TPSA) is 67.5 Å². The van der Waals surface area contributed by atoms with Crippen molar-refractivity contribution in [2.24, 2.45) is 10.7 Å². The maximum Gasteiger partial charge on any atom is 0.243 e. The number of allylic oxidation sites excluding steroid dienone is 2. The number of amidine groups is 1. The van der Waals surface area contributed by atoms with Crippen LogP contribution in [0.5, 0.6) is 0 Å². The van der Waals surface area contributed by atoms with E-state index in [0.29, 0.717) is 5.84 Å². The van der Waals surface area contributed by atoms with E-state index in [4.69, 9.17) is 5.73 Å². The summed E-state index contributed by atoms with van der Waals surface area (Å²) < 4.78 is 0. The molecule has 1 saturated carbocycles. The predicted molar refractivity (Wildman–Crippen MR) is 154 cm³/mol. The van der Waals surface area contributed by atoms with Crippen molar-refractivity contribution in [3.05, 3.63) is 24.3 Å². The first-order valence-electron chi connectivity index (χ1n) is 15.1. The fourth-order valence-corrected chi connectivity index (χ4v) is 4.48. The zero-order valence-corrected chi connectivity index (χ0v) is 23.2. The van der Waals surface area contributed by atoms with Crippen LogP contribution in [0.15, 0.2) is 29.3 Å². The van der Waals surface area contributed by atoms with Crippen LogP contribution in [0, 0.1) is 0 Å². The van der Waals surface area contributed by atoms with Gasteiger partial charge in [-0.1, -0.05) is 129 Å². The minimum absolute atomic E-state index is 0.00287. The van der Waals surface area contributed by atoms with Crippen LogP contribution in [0.1, 0.15) is 149 Å². The van der Waals surface area contributed by atoms with Crippen LogP contribution in [-0.2, 0) is 4.79 Å². The Bertz CT molecular complexity index is 596. The van der Waals surface area contributed by atoms with E-state index in [1.165, 1.54) is 116 Å². The van der Waals surface area contributed by atoms with Gasteiger partial charge in [0.2, 0.25) is 5.91 Å². The molecule has 0 radical (unpaired) electrons. The monoisotopic (exact) mass is 487 g/mol. The third-order valence-corrected chi connectivity index (χ3v) is 6.91. The van der Waals surface area contributed by atoms with Gasteiger partial charge in [0.05, 0.1) is 12.1 Å². The molecule has 2 unspecified atom stereocenters. The van der Waals surface area contributed by atoms with Crippen LogP contribution in [0.2, 0.25) is 0 Å². The molecule has 0 aromatic heterocycles. The molecule has 1 aliphatic carbocycles. The van der Waals surface area contributed by atoms with Crippen molar-refractivity contribution in [1.82, 2.24) is 5.32 Å². The Morgan fingerprint density at radius 3 is 1.63 bits per heavy atom. The number of carbonyl (C=O) groups is 1. The maximum atomic E-state index is 12.1. The highest BCUT2D eigenvalue weighted by Gasteiger charge is 2.37. The molecule has 4 heteroatoms. The maximum absolute atomic E-state index is 12.1. The fraction of sp³-hybridized carbons (Fsp3) is 0.806. The van der Waals surface area contributed by atoms with Crippen LogP contribution >= 0.6 is 0 Å². The third-order valence-electron chi connectivity index (χ3n) is 6.91. The molecule has 1 rings (SSSR count). The van der Waals surface area contributed by atoms with E-state index in [1.54, 1.807) is 6.08 Å². The lowest BCUT2D eigenvalue weighted by Gasteiger charge is -2.01. The molecule has 0 aromatic rings. The summed E-state index contributed by atoms with van der Waals surface area (Å²) in [6.07, 6.45) is 34.9. The lowest BCUT2D eigenvalue weighted by Crippen LogP contribution is -2.26. The molecule has 0 aromatic carbocycles. The van der Waals surface area contributed by atoms with E-state index in [-0.39, 0.29) is 18.0 Å². The number of nitrogens with one attached hydrogen (secondary N) is 1. The lowest BCUT2D eigenvalue weighted by molar-refractivity contribution is -0.116. The minimum atomic E-state index is 0.00287. The summed E-state index contributed by atoms with van der Waals surface area (Å²) in [7, 11) is 0.